The summed E-state index contributed by atoms with van der Waals surface area (Å²) in [6.45, 7) is 0. The average molecular weight is 418 g/mol. The van der Waals surface area contributed by atoms with Gasteiger partial charge in [-0.2, -0.15) is 13.2 Å². The maximum atomic E-state index is 13.4. The number of aromatic nitrogens is 1. The van der Waals surface area contributed by atoms with Gasteiger partial charge in [0, 0.05) is 18.0 Å². The van der Waals surface area contributed by atoms with Crippen molar-refractivity contribution >= 4 is 6.29 Å². The second-order valence-electron chi connectivity index (χ2n) is 5.44. The minimum absolute atomic E-state index is 0.0426. The SMILES string of the molecule is C#CC1(C(F)(F)F)NC(C=O)Oc2ccc(OC(F)(F)F)cc21.c1ccncc1. The number of fused-ring (bicyclic) bond motifs is 1. The molecule has 0 fully saturated rings. The molecule has 3 rings (SSSR count). The summed E-state index contributed by atoms with van der Waals surface area (Å²) in [6, 6.07) is 7.74. The summed E-state index contributed by atoms with van der Waals surface area (Å²) < 4.78 is 85.4. The van der Waals surface area contributed by atoms with Gasteiger partial charge >= 0.3 is 12.5 Å². The number of carbonyl (C=O) groups is 1. The van der Waals surface area contributed by atoms with Gasteiger partial charge in [-0.1, -0.05) is 12.0 Å². The number of nitrogens with zero attached hydrogens (tertiary/aromatic N) is 1. The lowest BCUT2D eigenvalue weighted by Crippen LogP contribution is -2.61. The number of pyridine rings is 1. The highest BCUT2D eigenvalue weighted by Crippen LogP contribution is 2.46. The van der Waals surface area contributed by atoms with Gasteiger partial charge in [0.25, 0.3) is 0 Å². The van der Waals surface area contributed by atoms with E-state index in [1.807, 2.05) is 18.2 Å². The lowest BCUT2D eigenvalue weighted by molar-refractivity contribution is -0.274. The molecule has 0 amide bonds. The Hall–Kier alpha value is -3.26. The number of aldehydes is 1. The van der Waals surface area contributed by atoms with E-state index in [4.69, 9.17) is 11.2 Å². The van der Waals surface area contributed by atoms with Gasteiger partial charge in [0.2, 0.25) is 11.8 Å². The molecule has 2 aromatic rings. The highest BCUT2D eigenvalue weighted by Gasteiger charge is 2.59. The van der Waals surface area contributed by atoms with Crippen LogP contribution < -0.4 is 14.8 Å². The molecule has 29 heavy (non-hydrogen) atoms. The van der Waals surface area contributed by atoms with Crippen LogP contribution in [0, 0.1) is 12.3 Å². The summed E-state index contributed by atoms with van der Waals surface area (Å²) >= 11 is 0. The molecule has 1 aliphatic rings. The van der Waals surface area contributed by atoms with Gasteiger partial charge in [-0.25, -0.2) is 5.32 Å². The van der Waals surface area contributed by atoms with Crippen molar-refractivity contribution in [1.82, 2.24) is 10.3 Å². The van der Waals surface area contributed by atoms with E-state index in [-0.39, 0.29) is 6.29 Å². The lowest BCUT2D eigenvalue weighted by atomic mass is 9.87. The van der Waals surface area contributed by atoms with Crippen LogP contribution in [-0.4, -0.2) is 30.0 Å². The van der Waals surface area contributed by atoms with E-state index in [9.17, 15) is 31.1 Å². The first-order valence-corrected chi connectivity index (χ1v) is 7.72. The minimum atomic E-state index is -5.11. The first kappa shape index (κ1) is 22.0. The standard InChI is InChI=1S/C13H7F6NO3.C5H5N/c1-2-11(12(14,15)16)8-5-7(23-13(17,18)19)3-4-9(8)22-10(6-21)20-11;1-2-4-6-5-3-1/h1,3-6,10,20H;1-5H. The third-order valence-electron chi connectivity index (χ3n) is 3.53. The number of hydrogen-bond acceptors (Lipinski definition) is 5. The topological polar surface area (TPSA) is 60.5 Å². The molecule has 1 aromatic heterocycles. The molecule has 1 aliphatic heterocycles. The minimum Gasteiger partial charge on any atom is -0.468 e. The maximum Gasteiger partial charge on any atom is 0.573 e. The third-order valence-corrected chi connectivity index (χ3v) is 3.53. The zero-order valence-electron chi connectivity index (χ0n) is 14.3. The van der Waals surface area contributed by atoms with Crippen molar-refractivity contribution in [3.05, 3.63) is 54.4 Å². The fourth-order valence-electron chi connectivity index (χ4n) is 2.37. The van der Waals surface area contributed by atoms with Crippen LogP contribution in [0.25, 0.3) is 0 Å². The van der Waals surface area contributed by atoms with Crippen LogP contribution in [0.3, 0.4) is 0 Å². The van der Waals surface area contributed by atoms with E-state index in [2.05, 4.69) is 9.72 Å². The quantitative estimate of drug-likeness (QED) is 0.459. The van der Waals surface area contributed by atoms with Crippen LogP contribution in [0.15, 0.2) is 48.8 Å². The Labute approximate surface area is 160 Å². The number of halogens is 6. The largest absolute Gasteiger partial charge is 0.573 e. The molecular formula is C18H12F6N2O3. The Kier molecular flexibility index (Phi) is 6.38. The Bertz CT molecular complexity index is 853. The maximum absolute atomic E-state index is 13.4. The molecule has 0 bridgehead atoms. The molecular weight excluding hydrogens is 406 g/mol. The first-order chi connectivity index (χ1) is 13.5. The molecule has 11 heteroatoms. The predicted octanol–water partition coefficient (Wildman–Crippen LogP) is 3.56. The molecule has 154 valence electrons. The van der Waals surface area contributed by atoms with Crippen LogP contribution >= 0.6 is 0 Å². The van der Waals surface area contributed by atoms with Crippen molar-refractivity contribution in [3.8, 4) is 23.8 Å². The van der Waals surface area contributed by atoms with Crippen molar-refractivity contribution < 1.29 is 40.6 Å². The van der Waals surface area contributed by atoms with Crippen molar-refractivity contribution in [2.24, 2.45) is 0 Å². The van der Waals surface area contributed by atoms with Crippen LogP contribution in [0.4, 0.5) is 26.3 Å². The summed E-state index contributed by atoms with van der Waals surface area (Å²) in [5.74, 6) is 0.0679. The molecule has 1 aromatic carbocycles. The van der Waals surface area contributed by atoms with Crippen LogP contribution in [0.5, 0.6) is 11.5 Å². The third kappa shape index (κ3) is 5.17. The first-order valence-electron chi connectivity index (χ1n) is 7.72. The van der Waals surface area contributed by atoms with E-state index in [0.717, 1.165) is 12.1 Å². The molecule has 0 radical (unpaired) electrons. The molecule has 1 N–H and O–H groups in total. The van der Waals surface area contributed by atoms with Gasteiger partial charge in [0.05, 0.1) is 0 Å². The van der Waals surface area contributed by atoms with Gasteiger partial charge in [0.15, 0.2) is 6.29 Å². The number of hydrogen-bond donors (Lipinski definition) is 1. The van der Waals surface area contributed by atoms with E-state index < -0.39 is 41.4 Å². The van der Waals surface area contributed by atoms with Crippen molar-refractivity contribution in [2.45, 2.75) is 24.3 Å². The molecule has 0 aliphatic carbocycles. The van der Waals surface area contributed by atoms with Gasteiger partial charge in [-0.15, -0.1) is 19.6 Å². The molecule has 0 spiro atoms. The molecule has 0 saturated heterocycles. The second kappa shape index (κ2) is 8.40. The summed E-state index contributed by atoms with van der Waals surface area (Å²) in [5, 5.41) is 1.76. The number of nitrogens with one attached hydrogen (secondary N) is 1. The van der Waals surface area contributed by atoms with Crippen LogP contribution in [0.1, 0.15) is 5.56 Å². The molecule has 2 atom stereocenters. The van der Waals surface area contributed by atoms with Crippen LogP contribution in [-0.2, 0) is 10.3 Å². The van der Waals surface area contributed by atoms with Gasteiger partial charge in [0.1, 0.15) is 11.5 Å². The summed E-state index contributed by atoms with van der Waals surface area (Å²) in [5.41, 5.74) is -4.01. The zero-order valence-corrected chi connectivity index (χ0v) is 14.3. The van der Waals surface area contributed by atoms with E-state index in [0.29, 0.717) is 6.07 Å². The fourth-order valence-corrected chi connectivity index (χ4v) is 2.37. The fraction of sp³-hybridized carbons (Fsp3) is 0.222. The molecule has 2 heterocycles. The molecule has 2 unspecified atom stereocenters. The smallest absolute Gasteiger partial charge is 0.468 e. The highest BCUT2D eigenvalue weighted by atomic mass is 19.4. The zero-order chi connectivity index (χ0) is 21.7. The van der Waals surface area contributed by atoms with Gasteiger partial charge < -0.3 is 9.47 Å². The van der Waals surface area contributed by atoms with Crippen molar-refractivity contribution in [2.75, 3.05) is 0 Å². The monoisotopic (exact) mass is 418 g/mol. The van der Waals surface area contributed by atoms with E-state index in [1.165, 1.54) is 5.92 Å². The van der Waals surface area contributed by atoms with E-state index in [1.54, 1.807) is 17.7 Å². The number of carbonyl (C=O) groups excluding carboxylic acids is 1. The normalized spacial score (nSPS) is 20.8. The van der Waals surface area contributed by atoms with Crippen LogP contribution in [0.2, 0.25) is 0 Å². The summed E-state index contributed by atoms with van der Waals surface area (Å²) in [7, 11) is 0. The predicted molar refractivity (Wildman–Crippen MR) is 87.5 cm³/mol. The van der Waals surface area contributed by atoms with Crippen molar-refractivity contribution in [3.63, 3.8) is 0 Å². The van der Waals surface area contributed by atoms with Gasteiger partial charge in [-0.05, 0) is 30.3 Å². The average Bonchev–Trinajstić information content (AvgIpc) is 2.67. The van der Waals surface area contributed by atoms with Gasteiger partial charge in [-0.3, -0.25) is 9.78 Å². The second-order valence-corrected chi connectivity index (χ2v) is 5.44. The number of rotatable bonds is 2. The molecule has 5 nitrogen and oxygen atoms in total. The number of ether oxygens (including phenoxy) is 2. The molecule has 0 saturated carbocycles. The number of benzene rings is 1. The van der Waals surface area contributed by atoms with E-state index >= 15 is 0 Å². The Morgan fingerprint density at radius 1 is 1.17 bits per heavy atom. The Morgan fingerprint density at radius 2 is 1.83 bits per heavy atom. The van der Waals surface area contributed by atoms with Crippen molar-refractivity contribution in [1.29, 1.82) is 0 Å². The summed E-state index contributed by atoms with van der Waals surface area (Å²) in [4.78, 5) is 14.5. The number of alkyl halides is 6. The highest BCUT2D eigenvalue weighted by molar-refractivity contribution is 5.61. The lowest BCUT2D eigenvalue weighted by Gasteiger charge is -2.39. The Balaban J connectivity index is 0.000000426. The Morgan fingerprint density at radius 3 is 2.24 bits per heavy atom. The number of terminal acetylenes is 1. The summed E-state index contributed by atoms with van der Waals surface area (Å²) in [6.07, 6.45) is -3.41.